The lowest BCUT2D eigenvalue weighted by atomic mass is 9.96. The van der Waals surface area contributed by atoms with Crippen LogP contribution in [0.4, 0.5) is 11.4 Å². The van der Waals surface area contributed by atoms with Gasteiger partial charge in [-0.2, -0.15) is 0 Å². The van der Waals surface area contributed by atoms with Crippen LogP contribution in [-0.2, 0) is 4.79 Å². The van der Waals surface area contributed by atoms with E-state index in [0.29, 0.717) is 22.2 Å². The number of anilines is 2. The topological polar surface area (TPSA) is 109 Å². The van der Waals surface area contributed by atoms with Gasteiger partial charge >= 0.3 is 5.97 Å². The molecule has 1 aliphatic heterocycles. The zero-order chi connectivity index (χ0) is 28.6. The molecule has 1 fully saturated rings. The van der Waals surface area contributed by atoms with Crippen LogP contribution in [0.1, 0.15) is 52.0 Å². The first-order chi connectivity index (χ1) is 19.2. The molecule has 0 radical (unpaired) electrons. The minimum Gasteiger partial charge on any atom is -0.495 e. The largest absolute Gasteiger partial charge is 0.495 e. The number of aromatic nitrogens is 2. The summed E-state index contributed by atoms with van der Waals surface area (Å²) in [4.78, 5) is 30.6. The lowest BCUT2D eigenvalue weighted by Gasteiger charge is -2.29. The summed E-state index contributed by atoms with van der Waals surface area (Å²) in [6.07, 6.45) is 1.74. The lowest BCUT2D eigenvalue weighted by molar-refractivity contribution is -0.114. The second-order valence-electron chi connectivity index (χ2n) is 9.55. The summed E-state index contributed by atoms with van der Waals surface area (Å²) in [5.74, 6) is -0.690. The predicted molar refractivity (Wildman–Crippen MR) is 157 cm³/mol. The van der Waals surface area contributed by atoms with Gasteiger partial charge in [-0.25, -0.2) is 4.79 Å². The number of para-hydroxylation sites is 1. The molecule has 10 heteroatoms. The third-order valence-electron chi connectivity index (χ3n) is 7.03. The molecule has 0 bridgehead atoms. The highest BCUT2D eigenvalue weighted by molar-refractivity contribution is 7.80. The molecule has 1 saturated heterocycles. The molecule has 2 aromatic heterocycles. The molecule has 0 spiro atoms. The number of carboxylic acids is 1. The van der Waals surface area contributed by atoms with Crippen LogP contribution in [-0.4, -0.2) is 38.8 Å². The Balaban J connectivity index is 1.70. The molecule has 1 amide bonds. The molecule has 204 valence electrons. The summed E-state index contributed by atoms with van der Waals surface area (Å²) in [6.45, 7) is 5.38. The zero-order valence-corrected chi connectivity index (χ0v) is 23.3. The van der Waals surface area contributed by atoms with Gasteiger partial charge in [-0.3, -0.25) is 9.78 Å². The third kappa shape index (κ3) is 4.77. The highest BCUT2D eigenvalue weighted by atomic mass is 32.1. The van der Waals surface area contributed by atoms with Crippen LogP contribution in [0.3, 0.4) is 0 Å². The predicted octanol–water partition coefficient (Wildman–Crippen LogP) is 5.33. The van der Waals surface area contributed by atoms with E-state index in [9.17, 15) is 14.7 Å². The molecular formula is C30H29N5O4S. The van der Waals surface area contributed by atoms with Crippen LogP contribution >= 0.6 is 12.2 Å². The van der Waals surface area contributed by atoms with E-state index in [0.717, 1.165) is 28.3 Å². The van der Waals surface area contributed by atoms with Crippen LogP contribution < -0.4 is 20.3 Å². The number of nitrogens with one attached hydrogen (secondary N) is 2. The van der Waals surface area contributed by atoms with Crippen molar-refractivity contribution in [3.05, 3.63) is 101 Å². The number of carbonyl (C=O) groups is 2. The van der Waals surface area contributed by atoms with Crippen molar-refractivity contribution < 1.29 is 19.4 Å². The number of carbonyl (C=O) groups excluding carboxylic acids is 1. The molecule has 0 saturated carbocycles. The van der Waals surface area contributed by atoms with Crippen molar-refractivity contribution in [2.45, 2.75) is 32.9 Å². The number of nitrogens with zero attached hydrogens (tertiary/aromatic N) is 3. The molecule has 2 aromatic carbocycles. The second kappa shape index (κ2) is 10.8. The highest BCUT2D eigenvalue weighted by Crippen LogP contribution is 2.45. The molecule has 3 heterocycles. The molecule has 3 N–H and O–H groups in total. The number of aryl methyl sites for hydroxylation is 1. The van der Waals surface area contributed by atoms with E-state index in [1.165, 1.54) is 6.92 Å². The molecule has 5 rings (SSSR count). The van der Waals surface area contributed by atoms with Gasteiger partial charge in [0.05, 0.1) is 41.8 Å². The quantitative estimate of drug-likeness (QED) is 0.263. The molecule has 9 nitrogen and oxygen atoms in total. The fourth-order valence-electron chi connectivity index (χ4n) is 5.39. The average molecular weight is 556 g/mol. The van der Waals surface area contributed by atoms with E-state index < -0.39 is 5.97 Å². The van der Waals surface area contributed by atoms with Crippen LogP contribution in [0.15, 0.2) is 72.9 Å². The summed E-state index contributed by atoms with van der Waals surface area (Å²) in [6, 6.07) is 19.7. The van der Waals surface area contributed by atoms with E-state index in [4.69, 9.17) is 17.0 Å². The van der Waals surface area contributed by atoms with Gasteiger partial charge in [0.25, 0.3) is 0 Å². The number of pyridine rings is 1. The number of hydrogen-bond donors (Lipinski definition) is 3. The monoisotopic (exact) mass is 555 g/mol. The summed E-state index contributed by atoms with van der Waals surface area (Å²) in [5, 5.41) is 16.7. The number of aromatic carboxylic acids is 1. The molecule has 0 unspecified atom stereocenters. The fourth-order valence-corrected chi connectivity index (χ4v) is 5.74. The number of hydrogen-bond acceptors (Lipinski definition) is 5. The molecule has 1 aliphatic rings. The van der Waals surface area contributed by atoms with Gasteiger partial charge in [0.2, 0.25) is 5.91 Å². The third-order valence-corrected chi connectivity index (χ3v) is 7.35. The Bertz CT molecular complexity index is 1620. The van der Waals surface area contributed by atoms with Crippen LogP contribution in [0, 0.1) is 13.8 Å². The van der Waals surface area contributed by atoms with Gasteiger partial charge in [-0.15, -0.1) is 0 Å². The number of rotatable bonds is 7. The van der Waals surface area contributed by atoms with Gasteiger partial charge in [0.1, 0.15) is 5.75 Å². The smallest absolute Gasteiger partial charge is 0.337 e. The Labute approximate surface area is 237 Å². The summed E-state index contributed by atoms with van der Waals surface area (Å²) >= 11 is 5.88. The molecule has 2 atom stereocenters. The van der Waals surface area contributed by atoms with Gasteiger partial charge in [0, 0.05) is 30.2 Å². The Morgan fingerprint density at radius 1 is 1.07 bits per heavy atom. The van der Waals surface area contributed by atoms with E-state index in [-0.39, 0.29) is 23.6 Å². The van der Waals surface area contributed by atoms with Crippen molar-refractivity contribution >= 4 is 40.6 Å². The second-order valence-corrected chi connectivity index (χ2v) is 9.93. The van der Waals surface area contributed by atoms with Crippen LogP contribution in [0.25, 0.3) is 5.69 Å². The van der Waals surface area contributed by atoms with Crippen molar-refractivity contribution in [1.29, 1.82) is 0 Å². The minimum atomic E-state index is -0.995. The lowest BCUT2D eigenvalue weighted by Crippen LogP contribution is -2.29. The maximum absolute atomic E-state index is 12.1. The Hall–Kier alpha value is -4.70. The zero-order valence-electron chi connectivity index (χ0n) is 22.5. The molecule has 0 aliphatic carbocycles. The molecule has 4 aromatic rings. The molecule has 40 heavy (non-hydrogen) atoms. The van der Waals surface area contributed by atoms with Crippen molar-refractivity contribution in [3.63, 3.8) is 0 Å². The van der Waals surface area contributed by atoms with Crippen LogP contribution in [0.2, 0.25) is 0 Å². The van der Waals surface area contributed by atoms with Crippen LogP contribution in [0.5, 0.6) is 5.75 Å². The highest BCUT2D eigenvalue weighted by Gasteiger charge is 2.42. The number of amides is 1. The van der Waals surface area contributed by atoms with E-state index in [1.807, 2.05) is 65.8 Å². The number of carboxylic acid groups (broad SMARTS) is 1. The van der Waals surface area contributed by atoms with E-state index >= 15 is 0 Å². The summed E-state index contributed by atoms with van der Waals surface area (Å²) in [5.41, 5.74) is 5.60. The van der Waals surface area contributed by atoms with E-state index in [1.54, 1.807) is 31.5 Å². The van der Waals surface area contributed by atoms with Crippen molar-refractivity contribution in [2.24, 2.45) is 0 Å². The first-order valence-corrected chi connectivity index (χ1v) is 13.1. The summed E-state index contributed by atoms with van der Waals surface area (Å²) in [7, 11) is 1.55. The number of methoxy groups -OCH3 is 1. The average Bonchev–Trinajstić information content (AvgIpc) is 3.43. The number of benzene rings is 2. The maximum atomic E-state index is 12.1. The summed E-state index contributed by atoms with van der Waals surface area (Å²) < 4.78 is 7.43. The van der Waals surface area contributed by atoms with Crippen molar-refractivity contribution in [3.8, 4) is 11.4 Å². The first-order valence-electron chi connectivity index (χ1n) is 12.7. The SMILES string of the molecule is COc1ccc(N2C(=S)N[C@@H](c3ccccn3)[C@H]2c2cc(C)n(-c3ccccc3C(=O)O)c2C)cc1NC(C)=O. The van der Waals surface area contributed by atoms with Gasteiger partial charge < -0.3 is 29.9 Å². The first kappa shape index (κ1) is 26.9. The fraction of sp³-hybridized carbons (Fsp3) is 0.200. The number of thiocarbonyl (C=S) groups is 1. The van der Waals surface area contributed by atoms with Crippen molar-refractivity contribution in [1.82, 2.24) is 14.9 Å². The molecular weight excluding hydrogens is 526 g/mol. The Morgan fingerprint density at radius 2 is 1.82 bits per heavy atom. The van der Waals surface area contributed by atoms with Gasteiger partial charge in [-0.05, 0) is 80.2 Å². The minimum absolute atomic E-state index is 0.212. The van der Waals surface area contributed by atoms with Crippen molar-refractivity contribution in [2.75, 3.05) is 17.3 Å². The Morgan fingerprint density at radius 3 is 2.50 bits per heavy atom. The number of ether oxygens (including phenoxy) is 1. The van der Waals surface area contributed by atoms with Gasteiger partial charge in [0.15, 0.2) is 5.11 Å². The normalized spacial score (nSPS) is 16.5. The Kier molecular flexibility index (Phi) is 7.27. The maximum Gasteiger partial charge on any atom is 0.337 e. The standard InChI is InChI=1S/C30H29N5O4S/c1-17-15-22(18(2)34(17)25-11-6-5-9-21(25)29(37)38)28-27(23-10-7-8-14-31-23)33-30(40)35(28)20-12-13-26(39-4)24(16-20)32-19(3)36/h5-16,27-28H,1-4H3,(H,32,36)(H,33,40)(H,37,38)/t27-,28+/m0/s1. The van der Waals surface area contributed by atoms with Gasteiger partial charge in [-0.1, -0.05) is 18.2 Å². The van der Waals surface area contributed by atoms with E-state index in [2.05, 4.69) is 21.7 Å².